The normalized spacial score (nSPS) is 11.5. The largest absolute Gasteiger partial charge is 0.488 e. The molecule has 4 rings (SSSR count). The van der Waals surface area contributed by atoms with E-state index in [0.29, 0.717) is 22.7 Å². The Kier molecular flexibility index (Phi) is 6.92. The van der Waals surface area contributed by atoms with E-state index in [0.717, 1.165) is 5.56 Å². The van der Waals surface area contributed by atoms with Gasteiger partial charge in [-0.3, -0.25) is 9.59 Å². The number of nitrogens with one attached hydrogen (secondary N) is 2. The Balaban J connectivity index is 1.37. The van der Waals surface area contributed by atoms with Gasteiger partial charge in [-0.25, -0.2) is 14.1 Å². The zero-order valence-corrected chi connectivity index (χ0v) is 18.3. The first-order valence-electron chi connectivity index (χ1n) is 10.5. The number of carbonyl (C=O) groups excluding carboxylic acids is 2. The van der Waals surface area contributed by atoms with Crippen molar-refractivity contribution in [2.24, 2.45) is 0 Å². The third-order valence-corrected chi connectivity index (χ3v) is 5.06. The minimum Gasteiger partial charge on any atom is -0.488 e. The summed E-state index contributed by atoms with van der Waals surface area (Å²) in [5.41, 5.74) is 2.29. The van der Waals surface area contributed by atoms with E-state index >= 15 is 0 Å². The van der Waals surface area contributed by atoms with Gasteiger partial charge in [0.2, 0.25) is 5.91 Å². The average molecular weight is 459 g/mol. The highest BCUT2D eigenvalue weighted by Gasteiger charge is 2.16. The van der Waals surface area contributed by atoms with Crippen molar-refractivity contribution in [3.05, 3.63) is 102 Å². The van der Waals surface area contributed by atoms with Gasteiger partial charge in [0.25, 0.3) is 5.91 Å². The summed E-state index contributed by atoms with van der Waals surface area (Å²) in [7, 11) is 0. The average Bonchev–Trinajstić information content (AvgIpc) is 3.39. The molecule has 0 radical (unpaired) electrons. The van der Waals surface area contributed by atoms with Gasteiger partial charge >= 0.3 is 0 Å². The lowest BCUT2D eigenvalue weighted by atomic mass is 10.1. The molecule has 1 aromatic heterocycles. The van der Waals surface area contributed by atoms with Crippen LogP contribution < -0.4 is 15.4 Å². The SMILES string of the molecule is C[C@H](C(=O)Nc1ccc(NC(=O)c2ccccc2OCc2ccc(F)cc2)cc1)n1cncn1. The summed E-state index contributed by atoms with van der Waals surface area (Å²) in [6, 6.07) is 19.1. The van der Waals surface area contributed by atoms with Gasteiger partial charge < -0.3 is 15.4 Å². The maximum atomic E-state index is 13.1. The van der Waals surface area contributed by atoms with E-state index in [-0.39, 0.29) is 24.2 Å². The molecule has 0 saturated carbocycles. The fourth-order valence-electron chi connectivity index (χ4n) is 3.14. The highest BCUT2D eigenvalue weighted by molar-refractivity contribution is 6.06. The van der Waals surface area contributed by atoms with E-state index in [1.807, 2.05) is 0 Å². The second kappa shape index (κ2) is 10.4. The van der Waals surface area contributed by atoms with Gasteiger partial charge in [0.1, 0.15) is 36.9 Å². The van der Waals surface area contributed by atoms with Crippen LogP contribution in [-0.2, 0) is 11.4 Å². The van der Waals surface area contributed by atoms with E-state index in [2.05, 4.69) is 20.7 Å². The highest BCUT2D eigenvalue weighted by atomic mass is 19.1. The van der Waals surface area contributed by atoms with Crippen molar-refractivity contribution in [2.75, 3.05) is 10.6 Å². The van der Waals surface area contributed by atoms with Crippen molar-refractivity contribution < 1.29 is 18.7 Å². The van der Waals surface area contributed by atoms with Gasteiger partial charge in [-0.15, -0.1) is 0 Å². The highest BCUT2D eigenvalue weighted by Crippen LogP contribution is 2.22. The first-order chi connectivity index (χ1) is 16.5. The smallest absolute Gasteiger partial charge is 0.259 e. The number of ether oxygens (including phenoxy) is 1. The van der Waals surface area contributed by atoms with Crippen LogP contribution in [0.15, 0.2) is 85.5 Å². The molecule has 0 unspecified atom stereocenters. The number of amides is 2. The van der Waals surface area contributed by atoms with E-state index in [1.165, 1.54) is 29.5 Å². The Bertz CT molecular complexity index is 1260. The fraction of sp³-hybridized carbons (Fsp3) is 0.120. The first kappa shape index (κ1) is 22.7. The summed E-state index contributed by atoms with van der Waals surface area (Å²) in [6.07, 6.45) is 2.84. The molecule has 0 aliphatic rings. The minimum atomic E-state index is -0.520. The Morgan fingerprint density at radius 1 is 0.971 bits per heavy atom. The van der Waals surface area contributed by atoms with Crippen molar-refractivity contribution in [2.45, 2.75) is 19.6 Å². The second-order valence-corrected chi connectivity index (χ2v) is 7.48. The molecule has 8 nitrogen and oxygen atoms in total. The number of nitrogens with zero attached hydrogens (tertiary/aromatic N) is 3. The number of para-hydroxylation sites is 1. The van der Waals surface area contributed by atoms with Crippen LogP contribution in [0, 0.1) is 5.82 Å². The predicted molar refractivity (Wildman–Crippen MR) is 125 cm³/mol. The number of hydrogen-bond acceptors (Lipinski definition) is 5. The number of hydrogen-bond donors (Lipinski definition) is 2. The quantitative estimate of drug-likeness (QED) is 0.406. The minimum absolute atomic E-state index is 0.200. The van der Waals surface area contributed by atoms with Crippen molar-refractivity contribution in [1.29, 1.82) is 0 Å². The van der Waals surface area contributed by atoms with Crippen LogP contribution in [0.2, 0.25) is 0 Å². The zero-order chi connectivity index (χ0) is 23.9. The molecule has 3 aromatic carbocycles. The van der Waals surface area contributed by atoms with E-state index < -0.39 is 6.04 Å². The third-order valence-electron chi connectivity index (χ3n) is 5.06. The molecule has 0 aliphatic heterocycles. The monoisotopic (exact) mass is 459 g/mol. The van der Waals surface area contributed by atoms with Crippen LogP contribution in [-0.4, -0.2) is 26.6 Å². The lowest BCUT2D eigenvalue weighted by Crippen LogP contribution is -2.24. The van der Waals surface area contributed by atoms with Gasteiger partial charge in [0.15, 0.2) is 0 Å². The number of halogens is 1. The predicted octanol–water partition coefficient (Wildman–Crippen LogP) is 4.45. The van der Waals surface area contributed by atoms with Crippen LogP contribution in [0.3, 0.4) is 0 Å². The van der Waals surface area contributed by atoms with Crippen LogP contribution in [0.25, 0.3) is 0 Å². The molecule has 172 valence electrons. The molecule has 0 fully saturated rings. The number of rotatable bonds is 8. The number of benzene rings is 3. The Morgan fingerprint density at radius 3 is 2.32 bits per heavy atom. The summed E-state index contributed by atoms with van der Waals surface area (Å²) in [4.78, 5) is 29.1. The molecule has 2 amide bonds. The molecular weight excluding hydrogens is 437 g/mol. The van der Waals surface area contributed by atoms with Crippen LogP contribution >= 0.6 is 0 Å². The number of carbonyl (C=O) groups is 2. The topological polar surface area (TPSA) is 98.1 Å². The number of anilines is 2. The summed E-state index contributed by atoms with van der Waals surface area (Å²) >= 11 is 0. The fourth-order valence-corrected chi connectivity index (χ4v) is 3.14. The lowest BCUT2D eigenvalue weighted by Gasteiger charge is -2.13. The van der Waals surface area contributed by atoms with Crippen molar-refractivity contribution in [3.63, 3.8) is 0 Å². The van der Waals surface area contributed by atoms with Crippen molar-refractivity contribution in [1.82, 2.24) is 14.8 Å². The molecule has 1 atom stereocenters. The summed E-state index contributed by atoms with van der Waals surface area (Å²) in [5.74, 6) is -0.491. The molecule has 0 spiro atoms. The molecular formula is C25H22FN5O3. The van der Waals surface area contributed by atoms with Crippen molar-refractivity contribution in [3.8, 4) is 5.75 Å². The van der Waals surface area contributed by atoms with Crippen LogP contribution in [0.5, 0.6) is 5.75 Å². The molecule has 0 saturated heterocycles. The molecule has 9 heteroatoms. The Labute approximate surface area is 195 Å². The summed E-state index contributed by atoms with van der Waals surface area (Å²) < 4.78 is 20.3. The van der Waals surface area contributed by atoms with Crippen LogP contribution in [0.4, 0.5) is 15.8 Å². The third kappa shape index (κ3) is 5.63. The van der Waals surface area contributed by atoms with Gasteiger partial charge in [0.05, 0.1) is 5.56 Å². The molecule has 34 heavy (non-hydrogen) atoms. The molecule has 1 heterocycles. The van der Waals surface area contributed by atoms with E-state index in [4.69, 9.17) is 4.74 Å². The standard InChI is InChI=1S/C25H22FN5O3/c1-17(31-16-27-15-28-31)24(32)29-20-10-12-21(13-11-20)30-25(33)22-4-2-3-5-23(22)34-14-18-6-8-19(26)9-7-18/h2-13,15-17H,14H2,1H3,(H,29,32)(H,30,33)/t17-/m1/s1. The second-order valence-electron chi connectivity index (χ2n) is 7.48. The van der Waals surface area contributed by atoms with E-state index in [9.17, 15) is 14.0 Å². The molecule has 0 aliphatic carbocycles. The van der Waals surface area contributed by atoms with E-state index in [1.54, 1.807) is 67.6 Å². The Morgan fingerprint density at radius 2 is 1.65 bits per heavy atom. The van der Waals surface area contributed by atoms with Gasteiger partial charge in [0, 0.05) is 11.4 Å². The maximum absolute atomic E-state index is 13.1. The first-order valence-corrected chi connectivity index (χ1v) is 10.5. The maximum Gasteiger partial charge on any atom is 0.259 e. The number of aromatic nitrogens is 3. The van der Waals surface area contributed by atoms with Crippen molar-refractivity contribution >= 4 is 23.2 Å². The van der Waals surface area contributed by atoms with Gasteiger partial charge in [-0.2, -0.15) is 5.10 Å². The van der Waals surface area contributed by atoms with Gasteiger partial charge in [-0.05, 0) is 61.0 Å². The van der Waals surface area contributed by atoms with Crippen LogP contribution in [0.1, 0.15) is 28.9 Å². The Hall–Kier alpha value is -4.53. The summed E-state index contributed by atoms with van der Waals surface area (Å²) in [6.45, 7) is 1.92. The van der Waals surface area contributed by atoms with Gasteiger partial charge in [-0.1, -0.05) is 24.3 Å². The lowest BCUT2D eigenvalue weighted by molar-refractivity contribution is -0.119. The molecule has 0 bridgehead atoms. The zero-order valence-electron chi connectivity index (χ0n) is 18.3. The molecule has 4 aromatic rings. The summed E-state index contributed by atoms with van der Waals surface area (Å²) in [5, 5.41) is 9.60. The molecule has 2 N–H and O–H groups in total.